The molecule has 1 aromatic heterocycles. The molecule has 4 rings (SSSR count). The van der Waals surface area contributed by atoms with Crippen molar-refractivity contribution in [3.8, 4) is 5.75 Å². The molecule has 0 bridgehead atoms. The van der Waals surface area contributed by atoms with Crippen molar-refractivity contribution in [2.24, 2.45) is 5.14 Å². The molecule has 1 unspecified atom stereocenters. The molecule has 1 aliphatic heterocycles. The number of oxazole rings is 1. The Bertz CT molecular complexity index is 1010. The van der Waals surface area contributed by atoms with Gasteiger partial charge in [0.2, 0.25) is 10.0 Å². The fourth-order valence-corrected chi connectivity index (χ4v) is 4.06. The van der Waals surface area contributed by atoms with E-state index in [9.17, 15) is 8.42 Å². The summed E-state index contributed by atoms with van der Waals surface area (Å²) in [5, 5.41) is 5.10. The molecule has 8 heteroatoms. The minimum Gasteiger partial charge on any atom is -0.492 e. The lowest BCUT2D eigenvalue weighted by Gasteiger charge is -2.31. The van der Waals surface area contributed by atoms with E-state index in [4.69, 9.17) is 14.3 Å². The van der Waals surface area contributed by atoms with E-state index in [0.29, 0.717) is 12.4 Å². The highest BCUT2D eigenvalue weighted by Gasteiger charge is 2.25. The molecule has 7 nitrogen and oxygen atoms in total. The third-order valence-electron chi connectivity index (χ3n) is 4.99. The summed E-state index contributed by atoms with van der Waals surface area (Å²) in [6, 6.07) is 14.0. The summed E-state index contributed by atoms with van der Waals surface area (Å²) in [5.74, 6) is 1.72. The Labute approximate surface area is 164 Å². The Morgan fingerprint density at radius 3 is 2.71 bits per heavy atom. The first-order valence-electron chi connectivity index (χ1n) is 9.32. The second-order valence-corrected chi connectivity index (χ2v) is 8.59. The lowest BCUT2D eigenvalue weighted by molar-refractivity contribution is 0.162. The number of nitrogens with zero attached hydrogens (tertiary/aromatic N) is 2. The molecule has 1 atom stereocenters. The van der Waals surface area contributed by atoms with Gasteiger partial charge >= 0.3 is 0 Å². The number of likely N-dealkylation sites (tertiary alicyclic amines) is 1. The molecule has 1 fully saturated rings. The summed E-state index contributed by atoms with van der Waals surface area (Å²) in [6.07, 6.45) is 2.16. The number of sulfonamides is 1. The number of primary sulfonamides is 1. The summed E-state index contributed by atoms with van der Waals surface area (Å²) in [5.41, 5.74) is 1.74. The lowest BCUT2D eigenvalue weighted by Crippen LogP contribution is -2.37. The molecule has 0 saturated carbocycles. The van der Waals surface area contributed by atoms with Crippen molar-refractivity contribution in [2.45, 2.75) is 23.7 Å². The SMILES string of the molecule is NS(=O)(=O)c1ccc(OCCN2CCCC(c3nc4ccccc4o3)C2)cc1. The third-order valence-corrected chi connectivity index (χ3v) is 5.92. The van der Waals surface area contributed by atoms with Crippen molar-refractivity contribution in [3.05, 3.63) is 54.4 Å². The number of hydrogen-bond donors (Lipinski definition) is 1. The summed E-state index contributed by atoms with van der Waals surface area (Å²) in [6.45, 7) is 3.22. The van der Waals surface area contributed by atoms with E-state index in [-0.39, 0.29) is 10.8 Å². The Hall–Kier alpha value is -2.42. The smallest absolute Gasteiger partial charge is 0.238 e. The number of rotatable bonds is 6. The zero-order chi connectivity index (χ0) is 19.6. The molecule has 1 saturated heterocycles. The van der Waals surface area contributed by atoms with Gasteiger partial charge in [-0.05, 0) is 55.8 Å². The van der Waals surface area contributed by atoms with E-state index in [2.05, 4.69) is 9.88 Å². The van der Waals surface area contributed by atoms with E-state index in [0.717, 1.165) is 49.5 Å². The van der Waals surface area contributed by atoms with Gasteiger partial charge < -0.3 is 9.15 Å². The first kappa shape index (κ1) is 18.9. The van der Waals surface area contributed by atoms with Gasteiger partial charge in [-0.1, -0.05) is 12.1 Å². The first-order chi connectivity index (χ1) is 13.5. The largest absolute Gasteiger partial charge is 0.492 e. The van der Waals surface area contributed by atoms with Crippen LogP contribution in [0.25, 0.3) is 11.1 Å². The van der Waals surface area contributed by atoms with E-state index in [1.54, 1.807) is 12.1 Å². The molecule has 0 amide bonds. The maximum Gasteiger partial charge on any atom is 0.238 e. The van der Waals surface area contributed by atoms with Gasteiger partial charge in [0.25, 0.3) is 0 Å². The summed E-state index contributed by atoms with van der Waals surface area (Å²) >= 11 is 0. The number of piperidine rings is 1. The zero-order valence-electron chi connectivity index (χ0n) is 15.5. The molecule has 1 aliphatic rings. The van der Waals surface area contributed by atoms with Crippen LogP contribution in [0, 0.1) is 0 Å². The molecule has 2 N–H and O–H groups in total. The summed E-state index contributed by atoms with van der Waals surface area (Å²) in [7, 11) is -3.68. The van der Waals surface area contributed by atoms with Gasteiger partial charge in [0, 0.05) is 19.0 Å². The molecule has 2 heterocycles. The third kappa shape index (κ3) is 4.35. The van der Waals surface area contributed by atoms with E-state index < -0.39 is 10.0 Å². The fraction of sp³-hybridized carbons (Fsp3) is 0.350. The number of ether oxygens (including phenoxy) is 1. The van der Waals surface area contributed by atoms with Crippen LogP contribution in [0.2, 0.25) is 0 Å². The minimum atomic E-state index is -3.68. The maximum absolute atomic E-state index is 11.3. The molecule has 3 aromatic rings. The summed E-state index contributed by atoms with van der Waals surface area (Å²) in [4.78, 5) is 7.07. The van der Waals surface area contributed by atoms with Gasteiger partial charge in [-0.25, -0.2) is 18.5 Å². The van der Waals surface area contributed by atoms with Crippen LogP contribution < -0.4 is 9.88 Å². The number of aromatic nitrogens is 1. The van der Waals surface area contributed by atoms with Gasteiger partial charge in [-0.2, -0.15) is 0 Å². The van der Waals surface area contributed by atoms with Crippen molar-refractivity contribution < 1.29 is 17.6 Å². The normalized spacial score (nSPS) is 18.4. The molecule has 148 valence electrons. The van der Waals surface area contributed by atoms with Gasteiger partial charge in [0.15, 0.2) is 11.5 Å². The van der Waals surface area contributed by atoms with Gasteiger partial charge in [0.1, 0.15) is 17.9 Å². The van der Waals surface area contributed by atoms with Crippen molar-refractivity contribution in [2.75, 3.05) is 26.2 Å². The van der Waals surface area contributed by atoms with Gasteiger partial charge in [0.05, 0.1) is 4.90 Å². The van der Waals surface area contributed by atoms with Crippen LogP contribution >= 0.6 is 0 Å². The Morgan fingerprint density at radius 1 is 1.18 bits per heavy atom. The second-order valence-electron chi connectivity index (χ2n) is 7.02. The first-order valence-corrected chi connectivity index (χ1v) is 10.9. The Morgan fingerprint density at radius 2 is 1.96 bits per heavy atom. The average Bonchev–Trinajstić information content (AvgIpc) is 3.12. The molecular weight excluding hydrogens is 378 g/mol. The molecule has 28 heavy (non-hydrogen) atoms. The molecule has 0 aliphatic carbocycles. The number of hydrogen-bond acceptors (Lipinski definition) is 6. The fourth-order valence-electron chi connectivity index (χ4n) is 3.54. The maximum atomic E-state index is 11.3. The Balaban J connectivity index is 1.31. The minimum absolute atomic E-state index is 0.0806. The second kappa shape index (κ2) is 7.90. The highest BCUT2D eigenvalue weighted by atomic mass is 32.2. The number of para-hydroxylation sites is 2. The number of fused-ring (bicyclic) bond motifs is 1. The molecule has 2 aromatic carbocycles. The van der Waals surface area contributed by atoms with Crippen molar-refractivity contribution in [1.29, 1.82) is 0 Å². The van der Waals surface area contributed by atoms with Gasteiger partial charge in [-0.15, -0.1) is 0 Å². The molecular formula is C20H23N3O4S. The predicted molar refractivity (Wildman–Crippen MR) is 106 cm³/mol. The van der Waals surface area contributed by atoms with Crippen LogP contribution in [0.4, 0.5) is 0 Å². The highest BCUT2D eigenvalue weighted by Crippen LogP contribution is 2.28. The van der Waals surface area contributed by atoms with Crippen LogP contribution in [0.3, 0.4) is 0 Å². The monoisotopic (exact) mass is 401 g/mol. The van der Waals surface area contributed by atoms with Crippen LogP contribution in [-0.2, 0) is 10.0 Å². The van der Waals surface area contributed by atoms with E-state index >= 15 is 0 Å². The van der Waals surface area contributed by atoms with Crippen LogP contribution in [0.5, 0.6) is 5.75 Å². The Kier molecular flexibility index (Phi) is 5.34. The van der Waals surface area contributed by atoms with E-state index in [1.165, 1.54) is 12.1 Å². The number of benzene rings is 2. The van der Waals surface area contributed by atoms with Crippen molar-refractivity contribution in [3.63, 3.8) is 0 Å². The zero-order valence-corrected chi connectivity index (χ0v) is 16.3. The standard InChI is InChI=1S/C20H23N3O4S/c21-28(24,25)17-9-7-16(8-10-17)26-13-12-23-11-3-4-15(14-23)20-22-18-5-1-2-6-19(18)27-20/h1-2,5-10,15H,3-4,11-14H2,(H2,21,24,25). The van der Waals surface area contributed by atoms with E-state index in [1.807, 2.05) is 24.3 Å². The molecule has 0 spiro atoms. The van der Waals surface area contributed by atoms with Crippen molar-refractivity contribution >= 4 is 21.1 Å². The highest BCUT2D eigenvalue weighted by molar-refractivity contribution is 7.89. The van der Waals surface area contributed by atoms with Crippen LogP contribution in [-0.4, -0.2) is 44.5 Å². The topological polar surface area (TPSA) is 98.7 Å². The summed E-state index contributed by atoms with van der Waals surface area (Å²) < 4.78 is 34.3. The van der Waals surface area contributed by atoms with Gasteiger partial charge in [-0.3, -0.25) is 4.90 Å². The predicted octanol–water partition coefficient (Wildman–Crippen LogP) is 2.73. The number of nitrogens with two attached hydrogens (primary N) is 1. The van der Waals surface area contributed by atoms with Crippen LogP contribution in [0.15, 0.2) is 57.8 Å². The molecule has 0 radical (unpaired) electrons. The lowest BCUT2D eigenvalue weighted by atomic mass is 9.98. The quantitative estimate of drug-likeness (QED) is 0.682. The average molecular weight is 401 g/mol. The van der Waals surface area contributed by atoms with Crippen molar-refractivity contribution in [1.82, 2.24) is 9.88 Å². The van der Waals surface area contributed by atoms with Crippen LogP contribution in [0.1, 0.15) is 24.7 Å².